The van der Waals surface area contributed by atoms with Crippen LogP contribution in [0.2, 0.25) is 0 Å². The zero-order chi connectivity index (χ0) is 36.5. The van der Waals surface area contributed by atoms with Gasteiger partial charge >= 0.3 is 0 Å². The van der Waals surface area contributed by atoms with E-state index in [2.05, 4.69) is 196 Å². The number of benzene rings is 8. The largest absolute Gasteiger partial charge is 0.315 e. The van der Waals surface area contributed by atoms with Gasteiger partial charge in [-0.2, -0.15) is 0 Å². The molecule has 0 saturated carbocycles. The fraction of sp³-hybridized carbons (Fsp3) is 0.0392. The summed E-state index contributed by atoms with van der Waals surface area (Å²) in [5.41, 5.74) is 15.8. The van der Waals surface area contributed by atoms with Gasteiger partial charge in [0.05, 0.1) is 44.4 Å². The molecular weight excluding hydrogens is 701 g/mol. The van der Waals surface area contributed by atoms with Gasteiger partial charge in [-0.15, -0.1) is 11.8 Å². The molecule has 262 valence electrons. The van der Waals surface area contributed by atoms with Crippen LogP contribution in [0.5, 0.6) is 0 Å². The van der Waals surface area contributed by atoms with Gasteiger partial charge in [-0.3, -0.25) is 0 Å². The summed E-state index contributed by atoms with van der Waals surface area (Å²) < 4.78 is 7.34. The van der Waals surface area contributed by atoms with Gasteiger partial charge in [0, 0.05) is 43.4 Å². The van der Waals surface area contributed by atoms with Gasteiger partial charge in [0.15, 0.2) is 0 Å². The molecule has 0 aliphatic carbocycles. The Morgan fingerprint density at radius 1 is 0.429 bits per heavy atom. The Morgan fingerprint density at radius 2 is 1.02 bits per heavy atom. The molecule has 2 aliphatic rings. The normalized spacial score (nSPS) is 15.8. The van der Waals surface area contributed by atoms with Crippen LogP contribution in [-0.4, -0.2) is 18.7 Å². The second-order valence-electron chi connectivity index (χ2n) is 15.1. The molecule has 4 nitrogen and oxygen atoms in total. The van der Waals surface area contributed by atoms with Crippen LogP contribution < -0.4 is 0 Å². The fourth-order valence-electron chi connectivity index (χ4n) is 9.79. The lowest BCUT2D eigenvalue weighted by molar-refractivity contribution is 0.583. The molecule has 2 atom stereocenters. The number of hydrogen-bond donors (Lipinski definition) is 0. The average molecular weight is 733 g/mol. The lowest BCUT2D eigenvalue weighted by Gasteiger charge is -2.31. The monoisotopic (exact) mass is 732 g/mol. The van der Waals surface area contributed by atoms with Crippen molar-refractivity contribution in [2.75, 3.05) is 0 Å². The maximum atomic E-state index is 5.26. The van der Waals surface area contributed by atoms with Crippen LogP contribution in [-0.2, 0) is 0 Å². The van der Waals surface area contributed by atoms with Gasteiger partial charge < -0.3 is 13.7 Å². The molecule has 5 heteroatoms. The first-order valence-electron chi connectivity index (χ1n) is 19.3. The van der Waals surface area contributed by atoms with E-state index < -0.39 is 0 Å². The number of fused-ring (bicyclic) bond motifs is 16. The number of hydrogen-bond acceptors (Lipinski definition) is 2. The van der Waals surface area contributed by atoms with Gasteiger partial charge in [-0.05, 0) is 107 Å². The van der Waals surface area contributed by atoms with E-state index in [1.54, 1.807) is 0 Å². The molecule has 2 aliphatic heterocycles. The van der Waals surface area contributed by atoms with E-state index >= 15 is 0 Å². The molecule has 0 fully saturated rings. The first kappa shape index (κ1) is 30.5. The molecule has 0 N–H and O–H groups in total. The predicted molar refractivity (Wildman–Crippen MR) is 232 cm³/mol. The third kappa shape index (κ3) is 4.12. The molecule has 0 amide bonds. The summed E-state index contributed by atoms with van der Waals surface area (Å²) in [5, 5.41) is 5.28. The summed E-state index contributed by atoms with van der Waals surface area (Å²) in [6.45, 7) is 0. The van der Waals surface area contributed by atoms with Crippen LogP contribution in [0.15, 0.2) is 187 Å². The van der Waals surface area contributed by atoms with E-state index in [0.717, 1.165) is 11.3 Å². The first-order valence-corrected chi connectivity index (χ1v) is 20.2. The standard InChI is InChI=1S/C51H32N4S/c1-2-12-33(13-3-1)53-43-18-8-4-14-35(43)39-28-31(22-26-45(39)53)32-23-27-46-40(29-32)36-15-5-9-19-44(36)54(46)34-24-25-37-41(30-34)50-49(38-16-6-11-21-48(38)56-50)55-47-20-10-7-17-42(47)52-51(37)55/h1-30,49-50H. The van der Waals surface area contributed by atoms with Crippen molar-refractivity contribution < 1.29 is 0 Å². The molecule has 11 aromatic rings. The molecule has 5 heterocycles. The number of aromatic nitrogens is 4. The van der Waals surface area contributed by atoms with E-state index in [4.69, 9.17) is 4.98 Å². The SMILES string of the molecule is c1ccc(-n2c3ccccc3c3cc(-c4ccc5c(c4)c4ccccc4n5-c4ccc5c(c4)C4Sc6ccccc6C4n4c-5nc5ccccc54)ccc32)cc1. The van der Waals surface area contributed by atoms with Crippen LogP contribution in [0, 0.1) is 0 Å². The van der Waals surface area contributed by atoms with Gasteiger partial charge in [-0.1, -0.05) is 97.1 Å². The number of thioether (sulfide) groups is 1. The van der Waals surface area contributed by atoms with Crippen molar-refractivity contribution in [1.82, 2.24) is 18.7 Å². The Kier molecular flexibility index (Phi) is 6.19. The highest BCUT2D eigenvalue weighted by Crippen LogP contribution is 2.60. The predicted octanol–water partition coefficient (Wildman–Crippen LogP) is 13.3. The van der Waals surface area contributed by atoms with Gasteiger partial charge in [-0.25, -0.2) is 4.98 Å². The summed E-state index contributed by atoms with van der Waals surface area (Å²) in [5.74, 6) is 1.06. The molecule has 56 heavy (non-hydrogen) atoms. The average Bonchev–Trinajstić information content (AvgIpc) is 4.01. The second-order valence-corrected chi connectivity index (χ2v) is 16.3. The summed E-state index contributed by atoms with van der Waals surface area (Å²) >= 11 is 1.99. The molecule has 0 saturated heterocycles. The minimum Gasteiger partial charge on any atom is -0.315 e. The third-order valence-corrected chi connectivity index (χ3v) is 13.6. The van der Waals surface area contributed by atoms with E-state index in [1.165, 1.54) is 93.2 Å². The fourth-order valence-corrected chi connectivity index (χ4v) is 11.3. The van der Waals surface area contributed by atoms with Crippen molar-refractivity contribution in [2.45, 2.75) is 16.2 Å². The van der Waals surface area contributed by atoms with Gasteiger partial charge in [0.25, 0.3) is 0 Å². The van der Waals surface area contributed by atoms with Crippen molar-refractivity contribution >= 4 is 66.4 Å². The first-order chi connectivity index (χ1) is 27.8. The zero-order valence-electron chi connectivity index (χ0n) is 30.2. The third-order valence-electron chi connectivity index (χ3n) is 12.2. The van der Waals surface area contributed by atoms with Crippen molar-refractivity contribution in [3.05, 3.63) is 193 Å². The topological polar surface area (TPSA) is 27.7 Å². The Balaban J connectivity index is 0.986. The molecule has 8 aromatic carbocycles. The van der Waals surface area contributed by atoms with Crippen molar-refractivity contribution in [1.29, 1.82) is 0 Å². The van der Waals surface area contributed by atoms with Gasteiger partial charge in [0.2, 0.25) is 0 Å². The molecule has 0 bridgehead atoms. The van der Waals surface area contributed by atoms with E-state index in [9.17, 15) is 0 Å². The smallest absolute Gasteiger partial charge is 0.142 e. The Bertz CT molecular complexity index is 3420. The Hall–Kier alpha value is -6.82. The van der Waals surface area contributed by atoms with Crippen LogP contribution >= 0.6 is 11.8 Å². The van der Waals surface area contributed by atoms with Crippen LogP contribution in [0.25, 0.3) is 88.5 Å². The number of para-hydroxylation sites is 5. The van der Waals surface area contributed by atoms with Crippen LogP contribution in [0.4, 0.5) is 0 Å². The highest BCUT2D eigenvalue weighted by Gasteiger charge is 2.42. The highest BCUT2D eigenvalue weighted by atomic mass is 32.2. The lowest BCUT2D eigenvalue weighted by atomic mass is 9.90. The Morgan fingerprint density at radius 3 is 1.75 bits per heavy atom. The van der Waals surface area contributed by atoms with E-state index in [1.807, 2.05) is 11.8 Å². The summed E-state index contributed by atoms with van der Waals surface area (Å²) in [4.78, 5) is 6.61. The second kappa shape index (κ2) is 11.4. The van der Waals surface area contributed by atoms with Crippen molar-refractivity contribution in [2.24, 2.45) is 0 Å². The molecule has 0 spiro atoms. The molecule has 2 unspecified atom stereocenters. The minimum atomic E-state index is 0.182. The minimum absolute atomic E-state index is 0.182. The van der Waals surface area contributed by atoms with E-state index in [-0.39, 0.29) is 11.3 Å². The maximum Gasteiger partial charge on any atom is 0.142 e. The summed E-state index contributed by atoms with van der Waals surface area (Å²) in [6, 6.07) is 67.0. The van der Waals surface area contributed by atoms with Crippen molar-refractivity contribution in [3.8, 4) is 33.9 Å². The van der Waals surface area contributed by atoms with Crippen molar-refractivity contribution in [3.63, 3.8) is 0 Å². The molecule has 0 radical (unpaired) electrons. The van der Waals surface area contributed by atoms with Gasteiger partial charge in [0.1, 0.15) is 5.82 Å². The maximum absolute atomic E-state index is 5.26. The number of rotatable bonds is 3. The molecular formula is C51H32N4S. The summed E-state index contributed by atoms with van der Waals surface area (Å²) in [6.07, 6.45) is 0. The highest BCUT2D eigenvalue weighted by molar-refractivity contribution is 8.00. The lowest BCUT2D eigenvalue weighted by Crippen LogP contribution is -2.20. The quantitative estimate of drug-likeness (QED) is 0.181. The zero-order valence-corrected chi connectivity index (χ0v) is 31.0. The number of imidazole rings is 1. The van der Waals surface area contributed by atoms with Crippen LogP contribution in [0.1, 0.15) is 22.4 Å². The Labute approximate surface area is 326 Å². The molecule has 3 aromatic heterocycles. The number of nitrogens with zero attached hydrogens (tertiary/aromatic N) is 4. The van der Waals surface area contributed by atoms with E-state index in [0.29, 0.717) is 0 Å². The summed E-state index contributed by atoms with van der Waals surface area (Å²) in [7, 11) is 0. The van der Waals surface area contributed by atoms with Crippen LogP contribution in [0.3, 0.4) is 0 Å². The molecule has 13 rings (SSSR count).